The lowest BCUT2D eigenvalue weighted by atomic mass is 10.0. The van der Waals surface area contributed by atoms with Crippen molar-refractivity contribution in [3.05, 3.63) is 16.1 Å². The van der Waals surface area contributed by atoms with E-state index in [2.05, 4.69) is 4.98 Å². The van der Waals surface area contributed by atoms with E-state index in [1.54, 1.807) is 11.3 Å². The van der Waals surface area contributed by atoms with Crippen LogP contribution in [0.2, 0.25) is 0 Å². The smallest absolute Gasteiger partial charge is 0.311 e. The lowest BCUT2D eigenvalue weighted by Gasteiger charge is -2.09. The summed E-state index contributed by atoms with van der Waals surface area (Å²) in [7, 11) is 0. The first kappa shape index (κ1) is 13.5. The first-order valence-electron chi connectivity index (χ1n) is 6.89. The number of carbonyl (C=O) groups excluding carboxylic acids is 1. The van der Waals surface area contributed by atoms with Crippen molar-refractivity contribution in [1.82, 2.24) is 4.98 Å². The Morgan fingerprint density at radius 1 is 1.39 bits per heavy atom. The van der Waals surface area contributed by atoms with Crippen LogP contribution in [0.3, 0.4) is 0 Å². The van der Waals surface area contributed by atoms with Gasteiger partial charge in [-0.1, -0.05) is 25.7 Å². The Kier molecular flexibility index (Phi) is 5.17. The van der Waals surface area contributed by atoms with Crippen molar-refractivity contribution in [1.29, 1.82) is 0 Å². The van der Waals surface area contributed by atoms with Gasteiger partial charge in [0.15, 0.2) is 0 Å². The van der Waals surface area contributed by atoms with Crippen molar-refractivity contribution in [2.45, 2.75) is 57.8 Å². The molecule has 0 bridgehead atoms. The van der Waals surface area contributed by atoms with Crippen LogP contribution >= 0.6 is 11.3 Å². The number of rotatable bonds is 4. The lowest BCUT2D eigenvalue weighted by molar-refractivity contribution is -0.142. The van der Waals surface area contributed by atoms with Crippen molar-refractivity contribution in [3.8, 4) is 0 Å². The van der Waals surface area contributed by atoms with Crippen LogP contribution in [0.1, 0.15) is 62.1 Å². The molecule has 1 aromatic rings. The molecule has 0 unspecified atom stereocenters. The molecule has 1 aliphatic rings. The fourth-order valence-electron chi connectivity index (χ4n) is 2.48. The molecule has 18 heavy (non-hydrogen) atoms. The molecule has 0 aliphatic heterocycles. The fraction of sp³-hybridized carbons (Fsp3) is 0.714. The maximum Gasteiger partial charge on any atom is 0.311 e. The second-order valence-electron chi connectivity index (χ2n) is 4.85. The van der Waals surface area contributed by atoms with Crippen LogP contribution in [0.25, 0.3) is 0 Å². The molecule has 1 heterocycles. The van der Waals surface area contributed by atoms with Gasteiger partial charge < -0.3 is 4.74 Å². The average Bonchev–Trinajstić information content (AvgIpc) is 2.64. The molecule has 0 N–H and O–H groups in total. The van der Waals surface area contributed by atoms with Gasteiger partial charge in [-0.3, -0.25) is 4.79 Å². The summed E-state index contributed by atoms with van der Waals surface area (Å²) in [6.45, 7) is 2.27. The zero-order valence-electron chi connectivity index (χ0n) is 11.0. The minimum Gasteiger partial charge on any atom is -0.466 e. The van der Waals surface area contributed by atoms with Crippen LogP contribution in [0, 0.1) is 0 Å². The third kappa shape index (κ3) is 3.80. The third-order valence-electron chi connectivity index (χ3n) is 3.40. The van der Waals surface area contributed by atoms with Gasteiger partial charge in [0.25, 0.3) is 0 Å². The predicted octanol–water partition coefficient (Wildman–Crippen LogP) is 3.69. The van der Waals surface area contributed by atoms with Crippen molar-refractivity contribution in [2.75, 3.05) is 6.61 Å². The Hall–Kier alpha value is -0.900. The topological polar surface area (TPSA) is 39.2 Å². The van der Waals surface area contributed by atoms with E-state index >= 15 is 0 Å². The summed E-state index contributed by atoms with van der Waals surface area (Å²) in [4.78, 5) is 16.0. The largest absolute Gasteiger partial charge is 0.466 e. The van der Waals surface area contributed by atoms with Gasteiger partial charge in [0, 0.05) is 11.3 Å². The molecule has 0 radical (unpaired) electrons. The van der Waals surface area contributed by atoms with Crippen LogP contribution in [0.4, 0.5) is 0 Å². The molecule has 100 valence electrons. The van der Waals surface area contributed by atoms with Gasteiger partial charge in [0.05, 0.1) is 23.7 Å². The summed E-state index contributed by atoms with van der Waals surface area (Å²) in [5, 5.41) is 3.23. The van der Waals surface area contributed by atoms with E-state index in [9.17, 15) is 4.79 Å². The van der Waals surface area contributed by atoms with Gasteiger partial charge in [0.2, 0.25) is 0 Å². The second kappa shape index (κ2) is 6.88. The highest BCUT2D eigenvalue weighted by molar-refractivity contribution is 7.09. The minimum absolute atomic E-state index is 0.171. The van der Waals surface area contributed by atoms with E-state index in [0.29, 0.717) is 18.9 Å². The highest BCUT2D eigenvalue weighted by atomic mass is 32.1. The second-order valence-corrected chi connectivity index (χ2v) is 5.74. The number of hydrogen-bond donors (Lipinski definition) is 0. The first-order valence-corrected chi connectivity index (χ1v) is 7.77. The summed E-state index contributed by atoms with van der Waals surface area (Å²) in [6.07, 6.45) is 8.18. The lowest BCUT2D eigenvalue weighted by Crippen LogP contribution is -2.08. The molecule has 1 saturated carbocycles. The standard InChI is InChI=1S/C14H21NO2S/c1-2-17-13(16)9-12-10-18-14(15-12)11-7-5-3-4-6-8-11/h10-11H,2-9H2,1H3. The molecule has 3 nitrogen and oxygen atoms in total. The van der Waals surface area contributed by atoms with Crippen LogP contribution in [-0.2, 0) is 16.0 Å². The Balaban J connectivity index is 1.94. The average molecular weight is 267 g/mol. The fourth-order valence-corrected chi connectivity index (χ4v) is 3.47. The zero-order valence-corrected chi connectivity index (χ0v) is 11.8. The van der Waals surface area contributed by atoms with E-state index < -0.39 is 0 Å². The van der Waals surface area contributed by atoms with Crippen LogP contribution in [-0.4, -0.2) is 17.6 Å². The highest BCUT2D eigenvalue weighted by Crippen LogP contribution is 2.33. The van der Waals surface area contributed by atoms with Crippen LogP contribution < -0.4 is 0 Å². The zero-order chi connectivity index (χ0) is 12.8. The molecule has 2 rings (SSSR count). The number of ether oxygens (including phenoxy) is 1. The highest BCUT2D eigenvalue weighted by Gasteiger charge is 2.18. The number of carbonyl (C=O) groups is 1. The van der Waals surface area contributed by atoms with Gasteiger partial charge in [-0.2, -0.15) is 0 Å². The Morgan fingerprint density at radius 3 is 2.78 bits per heavy atom. The summed E-state index contributed by atoms with van der Waals surface area (Å²) < 4.78 is 4.95. The number of hydrogen-bond acceptors (Lipinski definition) is 4. The normalized spacial score (nSPS) is 17.4. The third-order valence-corrected chi connectivity index (χ3v) is 4.46. The molecule has 1 aromatic heterocycles. The van der Waals surface area contributed by atoms with Gasteiger partial charge in [-0.05, 0) is 19.8 Å². The van der Waals surface area contributed by atoms with E-state index in [1.165, 1.54) is 43.5 Å². The summed E-state index contributed by atoms with van der Waals surface area (Å²) >= 11 is 1.71. The summed E-state index contributed by atoms with van der Waals surface area (Å²) in [6, 6.07) is 0. The predicted molar refractivity (Wildman–Crippen MR) is 72.9 cm³/mol. The quantitative estimate of drug-likeness (QED) is 0.617. The van der Waals surface area contributed by atoms with E-state index in [0.717, 1.165) is 5.69 Å². The molecule has 0 aromatic carbocycles. The summed E-state index contributed by atoms with van der Waals surface area (Å²) in [5.74, 6) is 0.448. The Morgan fingerprint density at radius 2 is 2.11 bits per heavy atom. The molecule has 1 fully saturated rings. The first-order chi connectivity index (χ1) is 8.79. The van der Waals surface area contributed by atoms with E-state index in [4.69, 9.17) is 4.74 Å². The maximum atomic E-state index is 11.4. The number of aromatic nitrogens is 1. The van der Waals surface area contributed by atoms with Crippen molar-refractivity contribution in [3.63, 3.8) is 0 Å². The maximum absolute atomic E-state index is 11.4. The number of esters is 1. The van der Waals surface area contributed by atoms with Crippen LogP contribution in [0.5, 0.6) is 0 Å². The molecule has 0 atom stereocenters. The molecular weight excluding hydrogens is 246 g/mol. The van der Waals surface area contributed by atoms with Crippen molar-refractivity contribution < 1.29 is 9.53 Å². The Bertz CT molecular complexity index is 381. The van der Waals surface area contributed by atoms with Crippen LogP contribution in [0.15, 0.2) is 5.38 Å². The number of thiazole rings is 1. The molecule has 0 amide bonds. The molecular formula is C14H21NO2S. The van der Waals surface area contributed by atoms with E-state index in [1.807, 2.05) is 12.3 Å². The van der Waals surface area contributed by atoms with Gasteiger partial charge >= 0.3 is 5.97 Å². The molecule has 0 saturated heterocycles. The monoisotopic (exact) mass is 267 g/mol. The summed E-state index contributed by atoms with van der Waals surface area (Å²) in [5.41, 5.74) is 0.873. The molecule has 4 heteroatoms. The van der Waals surface area contributed by atoms with Gasteiger partial charge in [0.1, 0.15) is 0 Å². The Labute approximate surface area is 113 Å². The van der Waals surface area contributed by atoms with Crippen molar-refractivity contribution >= 4 is 17.3 Å². The van der Waals surface area contributed by atoms with Gasteiger partial charge in [-0.15, -0.1) is 11.3 Å². The van der Waals surface area contributed by atoms with Gasteiger partial charge in [-0.25, -0.2) is 4.98 Å². The van der Waals surface area contributed by atoms with Crippen molar-refractivity contribution in [2.24, 2.45) is 0 Å². The SMILES string of the molecule is CCOC(=O)Cc1csc(C2CCCCCC2)n1. The van der Waals surface area contributed by atoms with E-state index in [-0.39, 0.29) is 5.97 Å². The molecule has 1 aliphatic carbocycles. The minimum atomic E-state index is -0.171. The number of nitrogens with zero attached hydrogens (tertiary/aromatic N) is 1. The molecule has 0 spiro atoms.